The Morgan fingerprint density at radius 2 is 2.21 bits per heavy atom. The van der Waals surface area contributed by atoms with Crippen molar-refractivity contribution in [2.75, 3.05) is 6.54 Å². The molecule has 0 spiro atoms. The van der Waals surface area contributed by atoms with Crippen LogP contribution < -0.4 is 5.32 Å². The fourth-order valence-electron chi connectivity index (χ4n) is 2.71. The summed E-state index contributed by atoms with van der Waals surface area (Å²) in [5.41, 5.74) is 5.30. The number of H-pyrrole nitrogens is 2. The fraction of sp³-hybridized carbons (Fsp3) is 0.286. The molecule has 5 heteroatoms. The highest BCUT2D eigenvalue weighted by Gasteiger charge is 2.18. The first-order chi connectivity index (χ1) is 9.40. The molecule has 1 fully saturated rings. The number of hydrogen-bond acceptors (Lipinski definition) is 3. The summed E-state index contributed by atoms with van der Waals surface area (Å²) in [5.74, 6) is 0. The minimum atomic E-state index is 0.428. The van der Waals surface area contributed by atoms with Gasteiger partial charge < -0.3 is 10.3 Å². The average molecular weight is 253 g/mol. The Labute approximate surface area is 110 Å². The van der Waals surface area contributed by atoms with E-state index in [1.54, 1.807) is 6.33 Å². The SMILES string of the molecule is c1nc2ccc(-c3cc(C4CCCN4)[nH]n3)cc2[nH]1. The molecular weight excluding hydrogens is 238 g/mol. The number of rotatable bonds is 2. The second-order valence-corrected chi connectivity index (χ2v) is 4.99. The van der Waals surface area contributed by atoms with Crippen molar-refractivity contribution < 1.29 is 0 Å². The zero-order valence-electron chi connectivity index (χ0n) is 10.5. The van der Waals surface area contributed by atoms with E-state index in [1.807, 2.05) is 6.07 Å². The van der Waals surface area contributed by atoms with Crippen LogP contribution in [-0.4, -0.2) is 26.7 Å². The van der Waals surface area contributed by atoms with Crippen LogP contribution in [0.1, 0.15) is 24.6 Å². The first kappa shape index (κ1) is 10.8. The molecule has 5 nitrogen and oxygen atoms in total. The van der Waals surface area contributed by atoms with Gasteiger partial charge in [-0.3, -0.25) is 5.10 Å². The molecular formula is C14H15N5. The van der Waals surface area contributed by atoms with E-state index in [9.17, 15) is 0 Å². The van der Waals surface area contributed by atoms with Gasteiger partial charge in [-0.1, -0.05) is 6.07 Å². The van der Waals surface area contributed by atoms with Gasteiger partial charge in [0.15, 0.2) is 0 Å². The molecule has 1 atom stereocenters. The third-order valence-corrected chi connectivity index (χ3v) is 3.75. The lowest BCUT2D eigenvalue weighted by molar-refractivity contribution is 0.625. The third-order valence-electron chi connectivity index (χ3n) is 3.75. The van der Waals surface area contributed by atoms with Crippen molar-refractivity contribution in [3.63, 3.8) is 0 Å². The van der Waals surface area contributed by atoms with Crippen LogP contribution in [0.15, 0.2) is 30.6 Å². The van der Waals surface area contributed by atoms with Crippen molar-refractivity contribution in [1.29, 1.82) is 0 Å². The summed E-state index contributed by atoms with van der Waals surface area (Å²) in [5, 5.41) is 11.0. The summed E-state index contributed by atoms with van der Waals surface area (Å²) in [7, 11) is 0. The lowest BCUT2D eigenvalue weighted by Crippen LogP contribution is -2.12. The van der Waals surface area contributed by atoms with Crippen LogP contribution in [0, 0.1) is 0 Å². The molecule has 3 heterocycles. The number of imidazole rings is 1. The number of hydrogen-bond donors (Lipinski definition) is 3. The molecule has 1 aromatic carbocycles. The van der Waals surface area contributed by atoms with E-state index in [0.717, 1.165) is 28.8 Å². The Hall–Kier alpha value is -2.14. The van der Waals surface area contributed by atoms with E-state index < -0.39 is 0 Å². The van der Waals surface area contributed by atoms with E-state index in [0.29, 0.717) is 6.04 Å². The highest BCUT2D eigenvalue weighted by atomic mass is 15.1. The summed E-state index contributed by atoms with van der Waals surface area (Å²) < 4.78 is 0. The van der Waals surface area contributed by atoms with Crippen molar-refractivity contribution in [2.24, 2.45) is 0 Å². The molecule has 2 aromatic heterocycles. The molecule has 0 aliphatic carbocycles. The quantitative estimate of drug-likeness (QED) is 0.656. The Morgan fingerprint density at radius 1 is 1.21 bits per heavy atom. The predicted octanol–water partition coefficient (Wildman–Crippen LogP) is 2.38. The van der Waals surface area contributed by atoms with Crippen LogP contribution >= 0.6 is 0 Å². The molecule has 1 saturated heterocycles. The minimum Gasteiger partial charge on any atom is -0.345 e. The Balaban J connectivity index is 1.70. The molecule has 1 aliphatic rings. The fourth-order valence-corrected chi connectivity index (χ4v) is 2.71. The standard InChI is InChI=1S/C14H15N5/c1-2-10(15-5-1)14-7-12(18-19-14)9-3-4-11-13(6-9)17-8-16-11/h3-4,6-8,10,15H,1-2,5H2,(H,16,17)(H,18,19). The lowest BCUT2D eigenvalue weighted by Gasteiger charge is -2.05. The van der Waals surface area contributed by atoms with Crippen LogP contribution in [0.4, 0.5) is 0 Å². The van der Waals surface area contributed by atoms with Crippen LogP contribution in [0.3, 0.4) is 0 Å². The minimum absolute atomic E-state index is 0.428. The van der Waals surface area contributed by atoms with Gasteiger partial charge in [0.1, 0.15) is 0 Å². The molecule has 3 aromatic rings. The maximum absolute atomic E-state index is 4.42. The van der Waals surface area contributed by atoms with Crippen LogP contribution in [0.25, 0.3) is 22.3 Å². The molecule has 4 rings (SSSR count). The first-order valence-electron chi connectivity index (χ1n) is 6.62. The number of benzene rings is 1. The van der Waals surface area contributed by atoms with E-state index in [1.165, 1.54) is 18.5 Å². The van der Waals surface area contributed by atoms with Crippen molar-refractivity contribution in [3.8, 4) is 11.3 Å². The van der Waals surface area contributed by atoms with Crippen molar-refractivity contribution in [3.05, 3.63) is 36.3 Å². The Kier molecular flexibility index (Phi) is 2.38. The molecule has 0 saturated carbocycles. The monoisotopic (exact) mass is 253 g/mol. The molecule has 19 heavy (non-hydrogen) atoms. The second kappa shape index (κ2) is 4.20. The van der Waals surface area contributed by atoms with Crippen LogP contribution in [0.2, 0.25) is 0 Å². The third kappa shape index (κ3) is 1.82. The molecule has 0 radical (unpaired) electrons. The van der Waals surface area contributed by atoms with Gasteiger partial charge in [-0.15, -0.1) is 0 Å². The van der Waals surface area contributed by atoms with Gasteiger partial charge in [-0.25, -0.2) is 4.98 Å². The normalized spacial score (nSPS) is 19.3. The summed E-state index contributed by atoms with van der Waals surface area (Å²) in [6, 6.07) is 8.73. The van der Waals surface area contributed by atoms with Crippen LogP contribution in [0.5, 0.6) is 0 Å². The maximum Gasteiger partial charge on any atom is 0.0931 e. The summed E-state index contributed by atoms with van der Waals surface area (Å²) >= 11 is 0. The van der Waals surface area contributed by atoms with Crippen molar-refractivity contribution >= 4 is 11.0 Å². The topological polar surface area (TPSA) is 69.4 Å². The Bertz CT molecular complexity index is 705. The Morgan fingerprint density at radius 3 is 3.11 bits per heavy atom. The highest BCUT2D eigenvalue weighted by molar-refractivity contribution is 5.80. The number of nitrogens with zero attached hydrogens (tertiary/aromatic N) is 2. The first-order valence-corrected chi connectivity index (χ1v) is 6.62. The average Bonchev–Trinajstić information content (AvgIpc) is 3.18. The van der Waals surface area contributed by atoms with Gasteiger partial charge >= 0.3 is 0 Å². The largest absolute Gasteiger partial charge is 0.345 e. The highest BCUT2D eigenvalue weighted by Crippen LogP contribution is 2.26. The second-order valence-electron chi connectivity index (χ2n) is 4.99. The zero-order chi connectivity index (χ0) is 12.7. The maximum atomic E-state index is 4.42. The van der Waals surface area contributed by atoms with Gasteiger partial charge in [0.25, 0.3) is 0 Å². The number of nitrogens with one attached hydrogen (secondary N) is 3. The molecule has 0 amide bonds. The number of fused-ring (bicyclic) bond motifs is 1. The molecule has 1 aliphatic heterocycles. The van der Waals surface area contributed by atoms with Crippen molar-refractivity contribution in [2.45, 2.75) is 18.9 Å². The van der Waals surface area contributed by atoms with E-state index in [-0.39, 0.29) is 0 Å². The van der Waals surface area contributed by atoms with Gasteiger partial charge in [-0.2, -0.15) is 5.10 Å². The zero-order valence-corrected chi connectivity index (χ0v) is 10.5. The summed E-state index contributed by atoms with van der Waals surface area (Å²) in [6.07, 6.45) is 4.13. The summed E-state index contributed by atoms with van der Waals surface area (Å²) in [4.78, 5) is 7.36. The summed E-state index contributed by atoms with van der Waals surface area (Å²) in [6.45, 7) is 1.10. The lowest BCUT2D eigenvalue weighted by atomic mass is 10.1. The smallest absolute Gasteiger partial charge is 0.0931 e. The molecule has 0 bridgehead atoms. The van der Waals surface area contributed by atoms with E-state index in [4.69, 9.17) is 0 Å². The van der Waals surface area contributed by atoms with Gasteiger partial charge in [0.05, 0.1) is 28.7 Å². The van der Waals surface area contributed by atoms with Crippen LogP contribution in [-0.2, 0) is 0 Å². The van der Waals surface area contributed by atoms with Crippen molar-refractivity contribution in [1.82, 2.24) is 25.5 Å². The van der Waals surface area contributed by atoms with Gasteiger partial charge in [-0.05, 0) is 37.6 Å². The molecule has 96 valence electrons. The van der Waals surface area contributed by atoms with Gasteiger partial charge in [0, 0.05) is 11.6 Å². The molecule has 3 N–H and O–H groups in total. The van der Waals surface area contributed by atoms with E-state index >= 15 is 0 Å². The van der Waals surface area contributed by atoms with Gasteiger partial charge in [0.2, 0.25) is 0 Å². The predicted molar refractivity (Wildman–Crippen MR) is 73.7 cm³/mol. The van der Waals surface area contributed by atoms with E-state index in [2.05, 4.69) is 43.7 Å². The molecule has 1 unspecified atom stereocenters. The number of aromatic amines is 2. The number of aromatic nitrogens is 4.